The highest BCUT2D eigenvalue weighted by atomic mass is 16.4. The molecule has 0 radical (unpaired) electrons. The number of hydrogen-bond acceptors (Lipinski definition) is 4. The van der Waals surface area contributed by atoms with Crippen LogP contribution in [0, 0.1) is 0 Å². The van der Waals surface area contributed by atoms with Gasteiger partial charge in [0.2, 0.25) is 5.91 Å². The summed E-state index contributed by atoms with van der Waals surface area (Å²) < 4.78 is 0. The van der Waals surface area contributed by atoms with Crippen molar-refractivity contribution in [3.63, 3.8) is 0 Å². The Morgan fingerprint density at radius 3 is 2.44 bits per heavy atom. The van der Waals surface area contributed by atoms with Gasteiger partial charge >= 0.3 is 12.0 Å². The molecule has 1 saturated carbocycles. The van der Waals surface area contributed by atoms with Gasteiger partial charge in [-0.2, -0.15) is 0 Å². The lowest BCUT2D eigenvalue weighted by molar-refractivity contribution is -0.140. The zero-order valence-electron chi connectivity index (χ0n) is 10.0. The van der Waals surface area contributed by atoms with Crippen molar-refractivity contribution in [3.8, 4) is 0 Å². The quantitative estimate of drug-likeness (QED) is 0.456. The van der Waals surface area contributed by atoms with Crippen molar-refractivity contribution in [1.82, 2.24) is 15.5 Å². The number of aliphatic hydroxyl groups is 1. The molecular weight excluding hydrogens is 242 g/mol. The number of carbonyl (C=O) groups excluding carboxylic acids is 2. The molecule has 0 aromatic rings. The van der Waals surface area contributed by atoms with Crippen LogP contribution in [0.3, 0.4) is 0 Å². The molecule has 8 nitrogen and oxygen atoms in total. The summed E-state index contributed by atoms with van der Waals surface area (Å²) >= 11 is 0. The van der Waals surface area contributed by atoms with Gasteiger partial charge in [0, 0.05) is 13.1 Å². The number of carboxylic acids is 1. The van der Waals surface area contributed by atoms with E-state index >= 15 is 0 Å². The van der Waals surface area contributed by atoms with E-state index in [1.807, 2.05) is 0 Å². The molecule has 18 heavy (non-hydrogen) atoms. The van der Waals surface area contributed by atoms with Gasteiger partial charge in [0.25, 0.3) is 0 Å². The number of nitrogens with zero attached hydrogens (tertiary/aromatic N) is 1. The minimum Gasteiger partial charge on any atom is -0.480 e. The maximum Gasteiger partial charge on any atom is 0.328 e. The van der Waals surface area contributed by atoms with Gasteiger partial charge in [-0.25, -0.2) is 9.59 Å². The number of amides is 3. The van der Waals surface area contributed by atoms with Crippen molar-refractivity contribution >= 4 is 17.9 Å². The molecule has 0 spiro atoms. The number of carbonyl (C=O) groups is 3. The van der Waals surface area contributed by atoms with Crippen molar-refractivity contribution in [1.29, 1.82) is 0 Å². The van der Waals surface area contributed by atoms with Crippen LogP contribution in [0.5, 0.6) is 0 Å². The molecule has 3 amide bonds. The fourth-order valence-corrected chi connectivity index (χ4v) is 1.23. The Balaban J connectivity index is 2.34. The van der Waals surface area contributed by atoms with Crippen molar-refractivity contribution in [2.75, 3.05) is 20.2 Å². The van der Waals surface area contributed by atoms with Crippen LogP contribution in [0.2, 0.25) is 0 Å². The Hall–Kier alpha value is -1.83. The average Bonchev–Trinajstić information content (AvgIpc) is 3.08. The fourth-order valence-electron chi connectivity index (χ4n) is 1.23. The van der Waals surface area contributed by atoms with E-state index in [9.17, 15) is 14.4 Å². The molecule has 0 aromatic heterocycles. The van der Waals surface area contributed by atoms with E-state index in [0.29, 0.717) is 0 Å². The van der Waals surface area contributed by atoms with Gasteiger partial charge in [-0.05, 0) is 12.8 Å². The highest BCUT2D eigenvalue weighted by Gasteiger charge is 2.25. The lowest BCUT2D eigenvalue weighted by Crippen LogP contribution is -2.50. The van der Waals surface area contributed by atoms with Crippen molar-refractivity contribution in [2.45, 2.75) is 24.9 Å². The lowest BCUT2D eigenvalue weighted by atomic mass is 10.3. The van der Waals surface area contributed by atoms with Gasteiger partial charge in [0.05, 0.1) is 6.61 Å². The molecule has 1 aliphatic rings. The van der Waals surface area contributed by atoms with E-state index in [4.69, 9.17) is 10.2 Å². The molecule has 1 rings (SSSR count). The Morgan fingerprint density at radius 1 is 1.39 bits per heavy atom. The molecule has 0 bridgehead atoms. The summed E-state index contributed by atoms with van der Waals surface area (Å²) in [6.07, 6.45) is 1.90. The van der Waals surface area contributed by atoms with Crippen molar-refractivity contribution in [3.05, 3.63) is 0 Å². The van der Waals surface area contributed by atoms with Crippen LogP contribution in [0.4, 0.5) is 4.79 Å². The number of hydrogen-bond donors (Lipinski definition) is 4. The third kappa shape index (κ3) is 4.58. The Morgan fingerprint density at radius 2 is 2.00 bits per heavy atom. The zero-order valence-corrected chi connectivity index (χ0v) is 10.0. The van der Waals surface area contributed by atoms with Crippen LogP contribution in [0.1, 0.15) is 12.8 Å². The van der Waals surface area contributed by atoms with Crippen LogP contribution in [0.15, 0.2) is 0 Å². The summed E-state index contributed by atoms with van der Waals surface area (Å²) in [5.74, 6) is -1.62. The summed E-state index contributed by atoms with van der Waals surface area (Å²) in [6.45, 7) is -0.858. The Bertz CT molecular complexity index is 342. The molecule has 0 unspecified atom stereocenters. The SMILES string of the molecule is CN(CC(=O)NC1CC1)C(=O)N[C@H](CO)C(=O)O. The van der Waals surface area contributed by atoms with Gasteiger partial charge in [0.1, 0.15) is 6.54 Å². The first-order chi connectivity index (χ1) is 8.43. The second-order valence-corrected chi connectivity index (χ2v) is 4.22. The first-order valence-corrected chi connectivity index (χ1v) is 5.58. The summed E-state index contributed by atoms with van der Waals surface area (Å²) in [5, 5.41) is 22.2. The van der Waals surface area contributed by atoms with Crippen LogP contribution >= 0.6 is 0 Å². The standard InChI is InChI=1S/C10H17N3O5/c1-13(4-8(15)11-6-2-3-6)10(18)12-7(5-14)9(16)17/h6-7,14H,2-5H2,1H3,(H,11,15)(H,12,18)(H,16,17)/t7-/m1/s1. The van der Waals surface area contributed by atoms with Gasteiger partial charge < -0.3 is 25.7 Å². The third-order valence-electron chi connectivity index (χ3n) is 2.45. The van der Waals surface area contributed by atoms with E-state index < -0.39 is 24.6 Å². The molecule has 0 aliphatic heterocycles. The molecule has 0 heterocycles. The summed E-state index contributed by atoms with van der Waals surface area (Å²) in [5.41, 5.74) is 0. The number of carboxylic acid groups (broad SMARTS) is 1. The first-order valence-electron chi connectivity index (χ1n) is 5.58. The second kappa shape index (κ2) is 6.20. The number of aliphatic hydroxyl groups excluding tert-OH is 1. The molecular formula is C10H17N3O5. The number of urea groups is 1. The third-order valence-corrected chi connectivity index (χ3v) is 2.45. The van der Waals surface area contributed by atoms with E-state index in [1.165, 1.54) is 7.05 Å². The molecule has 1 atom stereocenters. The number of nitrogens with one attached hydrogen (secondary N) is 2. The predicted molar refractivity (Wildman–Crippen MR) is 60.8 cm³/mol. The number of aliphatic carboxylic acids is 1. The summed E-state index contributed by atoms with van der Waals surface area (Å²) in [4.78, 5) is 34.6. The van der Waals surface area contributed by atoms with Crippen LogP contribution in [-0.2, 0) is 9.59 Å². The van der Waals surface area contributed by atoms with Crippen LogP contribution in [0.25, 0.3) is 0 Å². The maximum absolute atomic E-state index is 11.5. The predicted octanol–water partition coefficient (Wildman–Crippen LogP) is -1.65. The number of rotatable bonds is 6. The molecule has 0 aromatic carbocycles. The Labute approximate surface area is 104 Å². The second-order valence-electron chi connectivity index (χ2n) is 4.22. The average molecular weight is 259 g/mol. The van der Waals surface area contributed by atoms with Crippen LogP contribution in [-0.4, -0.2) is 65.3 Å². The first kappa shape index (κ1) is 14.2. The minimum atomic E-state index is -1.37. The smallest absolute Gasteiger partial charge is 0.328 e. The maximum atomic E-state index is 11.5. The lowest BCUT2D eigenvalue weighted by Gasteiger charge is -2.20. The highest BCUT2D eigenvalue weighted by molar-refractivity contribution is 5.86. The van der Waals surface area contributed by atoms with E-state index in [2.05, 4.69) is 10.6 Å². The van der Waals surface area contributed by atoms with E-state index in [1.54, 1.807) is 0 Å². The molecule has 1 aliphatic carbocycles. The molecule has 0 saturated heterocycles. The van der Waals surface area contributed by atoms with Gasteiger partial charge in [-0.15, -0.1) is 0 Å². The van der Waals surface area contributed by atoms with E-state index in [-0.39, 0.29) is 18.5 Å². The molecule has 4 N–H and O–H groups in total. The largest absolute Gasteiger partial charge is 0.480 e. The van der Waals surface area contributed by atoms with E-state index in [0.717, 1.165) is 17.7 Å². The Kier molecular flexibility index (Phi) is 4.90. The van der Waals surface area contributed by atoms with Gasteiger partial charge in [-0.1, -0.05) is 0 Å². The topological polar surface area (TPSA) is 119 Å². The van der Waals surface area contributed by atoms with Crippen LogP contribution < -0.4 is 10.6 Å². The molecule has 1 fully saturated rings. The number of likely N-dealkylation sites (N-methyl/N-ethyl adjacent to an activating group) is 1. The van der Waals surface area contributed by atoms with Gasteiger partial charge in [-0.3, -0.25) is 4.79 Å². The highest BCUT2D eigenvalue weighted by Crippen LogP contribution is 2.18. The summed E-state index contributed by atoms with van der Waals surface area (Å²) in [6, 6.07) is -1.88. The summed E-state index contributed by atoms with van der Waals surface area (Å²) in [7, 11) is 1.37. The van der Waals surface area contributed by atoms with Gasteiger partial charge in [0.15, 0.2) is 6.04 Å². The normalized spacial score (nSPS) is 15.7. The van der Waals surface area contributed by atoms with Crippen molar-refractivity contribution in [2.24, 2.45) is 0 Å². The molecule has 102 valence electrons. The monoisotopic (exact) mass is 259 g/mol. The molecule has 8 heteroatoms. The minimum absolute atomic E-state index is 0.153. The fraction of sp³-hybridized carbons (Fsp3) is 0.700. The zero-order chi connectivity index (χ0) is 13.7. The van der Waals surface area contributed by atoms with Crippen molar-refractivity contribution < 1.29 is 24.6 Å².